The predicted molar refractivity (Wildman–Crippen MR) is 74.4 cm³/mol. The van der Waals surface area contributed by atoms with Gasteiger partial charge in [-0.2, -0.15) is 0 Å². The second-order valence-electron chi connectivity index (χ2n) is 5.10. The molecule has 1 aromatic rings. The summed E-state index contributed by atoms with van der Waals surface area (Å²) in [6.07, 6.45) is 3.04. The molecule has 0 saturated heterocycles. The lowest BCUT2D eigenvalue weighted by molar-refractivity contribution is 0.267. The molecule has 0 aromatic heterocycles. The molecule has 0 spiro atoms. The maximum atomic E-state index is 11.3. The maximum absolute atomic E-state index is 11.3. The van der Waals surface area contributed by atoms with Crippen LogP contribution in [0.4, 0.5) is 0 Å². The van der Waals surface area contributed by atoms with Crippen LogP contribution in [0.15, 0.2) is 18.2 Å². The predicted octanol–water partition coefficient (Wildman–Crippen LogP) is 2.17. The number of nitrogens with zero attached hydrogens (tertiary/aromatic N) is 1. The molecule has 2 rings (SSSR count). The molecule has 0 bridgehead atoms. The first kappa shape index (κ1) is 13.8. The number of likely N-dealkylation sites (N-methyl/N-ethyl adjacent to an activating group) is 1. The summed E-state index contributed by atoms with van der Waals surface area (Å²) in [5, 5.41) is 0. The Labute approximate surface area is 113 Å². The zero-order chi connectivity index (χ0) is 13.3. The van der Waals surface area contributed by atoms with E-state index in [1.807, 2.05) is 12.1 Å². The summed E-state index contributed by atoms with van der Waals surface area (Å²) in [5.74, 6) is -0.0716. The minimum absolute atomic E-state index is 0.0716. The van der Waals surface area contributed by atoms with Crippen molar-refractivity contribution in [2.24, 2.45) is 0 Å². The van der Waals surface area contributed by atoms with Crippen LogP contribution in [0.3, 0.4) is 0 Å². The standard InChI is InChI=1S/C13H18ClNO2S/c1-15(2)12-7-6-10-4-3-5-11(13(10)8-12)9-18(14,16)17/h3-5,12H,6-9H2,1-2H3. The normalized spacial score (nSPS) is 19.9. The summed E-state index contributed by atoms with van der Waals surface area (Å²) in [6.45, 7) is 0. The van der Waals surface area contributed by atoms with E-state index in [1.165, 1.54) is 11.1 Å². The second kappa shape index (κ2) is 5.19. The number of aryl methyl sites for hydroxylation is 1. The molecule has 1 aliphatic rings. The number of benzene rings is 1. The van der Waals surface area contributed by atoms with Crippen molar-refractivity contribution in [2.45, 2.75) is 31.1 Å². The molecule has 5 heteroatoms. The molecule has 1 aromatic carbocycles. The van der Waals surface area contributed by atoms with Crippen molar-refractivity contribution in [3.63, 3.8) is 0 Å². The first-order valence-corrected chi connectivity index (χ1v) is 8.53. The molecule has 1 aliphatic carbocycles. The smallest absolute Gasteiger partial charge is 0.236 e. The van der Waals surface area contributed by atoms with Gasteiger partial charge in [-0.3, -0.25) is 0 Å². The molecule has 0 N–H and O–H groups in total. The van der Waals surface area contributed by atoms with E-state index in [4.69, 9.17) is 10.7 Å². The van der Waals surface area contributed by atoms with Crippen LogP contribution in [0.1, 0.15) is 23.1 Å². The van der Waals surface area contributed by atoms with Crippen LogP contribution in [0.25, 0.3) is 0 Å². The lowest BCUT2D eigenvalue weighted by atomic mass is 9.85. The average molecular weight is 288 g/mol. The van der Waals surface area contributed by atoms with Gasteiger partial charge in [-0.1, -0.05) is 18.2 Å². The lowest BCUT2D eigenvalue weighted by Gasteiger charge is -2.31. The van der Waals surface area contributed by atoms with E-state index in [0.717, 1.165) is 24.8 Å². The third-order valence-electron chi connectivity index (χ3n) is 3.61. The number of hydrogen-bond donors (Lipinski definition) is 0. The Morgan fingerprint density at radius 2 is 2.11 bits per heavy atom. The molecule has 0 aliphatic heterocycles. The third-order valence-corrected chi connectivity index (χ3v) is 4.60. The Hall–Kier alpha value is -0.580. The Kier molecular flexibility index (Phi) is 3.99. The van der Waals surface area contributed by atoms with Crippen LogP contribution in [-0.2, 0) is 27.6 Å². The van der Waals surface area contributed by atoms with Gasteiger partial charge in [-0.05, 0) is 50.0 Å². The molecule has 0 amide bonds. The van der Waals surface area contributed by atoms with Crippen molar-refractivity contribution in [1.82, 2.24) is 4.90 Å². The van der Waals surface area contributed by atoms with E-state index >= 15 is 0 Å². The number of rotatable bonds is 3. The fourth-order valence-electron chi connectivity index (χ4n) is 2.61. The number of halogens is 1. The molecule has 1 atom stereocenters. The quantitative estimate of drug-likeness (QED) is 0.800. The minimum Gasteiger partial charge on any atom is -0.306 e. The third kappa shape index (κ3) is 3.25. The first-order chi connectivity index (χ1) is 8.37. The molecular formula is C13H18ClNO2S. The van der Waals surface area contributed by atoms with Crippen LogP contribution >= 0.6 is 10.7 Å². The Balaban J connectivity index is 2.34. The van der Waals surface area contributed by atoms with Gasteiger partial charge in [-0.25, -0.2) is 8.42 Å². The second-order valence-corrected chi connectivity index (χ2v) is 7.88. The largest absolute Gasteiger partial charge is 0.306 e. The van der Waals surface area contributed by atoms with Gasteiger partial charge in [0.1, 0.15) is 0 Å². The van der Waals surface area contributed by atoms with Crippen molar-refractivity contribution < 1.29 is 8.42 Å². The van der Waals surface area contributed by atoms with Gasteiger partial charge in [0, 0.05) is 16.7 Å². The highest BCUT2D eigenvalue weighted by atomic mass is 35.7. The maximum Gasteiger partial charge on any atom is 0.236 e. The van der Waals surface area contributed by atoms with Crippen molar-refractivity contribution in [2.75, 3.05) is 14.1 Å². The topological polar surface area (TPSA) is 37.4 Å². The van der Waals surface area contributed by atoms with Crippen LogP contribution in [0.2, 0.25) is 0 Å². The first-order valence-electron chi connectivity index (χ1n) is 6.05. The van der Waals surface area contributed by atoms with Gasteiger partial charge in [0.2, 0.25) is 9.05 Å². The molecule has 0 heterocycles. The van der Waals surface area contributed by atoms with Gasteiger partial charge in [0.15, 0.2) is 0 Å². The molecule has 0 radical (unpaired) electrons. The van der Waals surface area contributed by atoms with Crippen LogP contribution in [0, 0.1) is 0 Å². The lowest BCUT2D eigenvalue weighted by Crippen LogP contribution is -2.34. The number of hydrogen-bond acceptors (Lipinski definition) is 3. The van der Waals surface area contributed by atoms with Crippen molar-refractivity contribution in [3.05, 3.63) is 34.9 Å². The molecule has 3 nitrogen and oxygen atoms in total. The monoisotopic (exact) mass is 287 g/mol. The number of fused-ring (bicyclic) bond motifs is 1. The Morgan fingerprint density at radius 3 is 2.72 bits per heavy atom. The highest BCUT2D eigenvalue weighted by Gasteiger charge is 2.23. The van der Waals surface area contributed by atoms with E-state index in [9.17, 15) is 8.42 Å². The van der Waals surface area contributed by atoms with Crippen LogP contribution in [0.5, 0.6) is 0 Å². The fourth-order valence-corrected chi connectivity index (χ4v) is 3.60. The van der Waals surface area contributed by atoms with Crippen molar-refractivity contribution in [3.8, 4) is 0 Å². The molecule has 18 heavy (non-hydrogen) atoms. The zero-order valence-corrected chi connectivity index (χ0v) is 12.3. The molecule has 0 saturated carbocycles. The van der Waals surface area contributed by atoms with Crippen molar-refractivity contribution >= 4 is 19.7 Å². The molecule has 100 valence electrons. The van der Waals surface area contributed by atoms with Gasteiger partial charge in [0.05, 0.1) is 5.75 Å². The highest BCUT2D eigenvalue weighted by Crippen LogP contribution is 2.28. The summed E-state index contributed by atoms with van der Waals surface area (Å²) in [5.41, 5.74) is 3.30. The van der Waals surface area contributed by atoms with E-state index < -0.39 is 9.05 Å². The summed E-state index contributed by atoms with van der Waals surface area (Å²) in [4.78, 5) is 2.20. The SMILES string of the molecule is CN(C)C1CCc2cccc(CS(=O)(=O)Cl)c2C1. The summed E-state index contributed by atoms with van der Waals surface area (Å²) < 4.78 is 22.5. The van der Waals surface area contributed by atoms with E-state index in [-0.39, 0.29) is 5.75 Å². The van der Waals surface area contributed by atoms with Gasteiger partial charge in [-0.15, -0.1) is 0 Å². The van der Waals surface area contributed by atoms with Crippen LogP contribution < -0.4 is 0 Å². The Morgan fingerprint density at radius 1 is 1.39 bits per heavy atom. The average Bonchev–Trinajstić information content (AvgIpc) is 2.26. The van der Waals surface area contributed by atoms with Crippen molar-refractivity contribution in [1.29, 1.82) is 0 Å². The van der Waals surface area contributed by atoms with E-state index in [1.54, 1.807) is 0 Å². The van der Waals surface area contributed by atoms with Gasteiger partial charge in [0.25, 0.3) is 0 Å². The van der Waals surface area contributed by atoms with E-state index in [2.05, 4.69) is 25.1 Å². The summed E-state index contributed by atoms with van der Waals surface area (Å²) in [6, 6.07) is 6.37. The van der Waals surface area contributed by atoms with Crippen LogP contribution in [-0.4, -0.2) is 33.5 Å². The van der Waals surface area contributed by atoms with E-state index in [0.29, 0.717) is 6.04 Å². The minimum atomic E-state index is -3.49. The fraction of sp³-hybridized carbons (Fsp3) is 0.538. The molecule has 1 unspecified atom stereocenters. The van der Waals surface area contributed by atoms with Gasteiger partial charge < -0.3 is 4.90 Å². The summed E-state index contributed by atoms with van der Waals surface area (Å²) >= 11 is 0. The zero-order valence-electron chi connectivity index (χ0n) is 10.7. The van der Waals surface area contributed by atoms with Gasteiger partial charge >= 0.3 is 0 Å². The Bertz CT molecular complexity index is 540. The highest BCUT2D eigenvalue weighted by molar-refractivity contribution is 8.13. The molecular weight excluding hydrogens is 270 g/mol. The summed E-state index contributed by atoms with van der Waals surface area (Å²) in [7, 11) is 6.01. The molecule has 0 fully saturated rings.